The summed E-state index contributed by atoms with van der Waals surface area (Å²) in [6.07, 6.45) is 5.29. The average Bonchev–Trinajstić information content (AvgIpc) is 2.76. The van der Waals surface area contributed by atoms with Gasteiger partial charge in [0.25, 0.3) is 0 Å². The smallest absolute Gasteiger partial charge is 0.250 e. The molecule has 1 saturated heterocycles. The minimum Gasteiger partial charge on any atom is -0.341 e. The van der Waals surface area contributed by atoms with Crippen LogP contribution in [-0.4, -0.2) is 34.3 Å². The monoisotopic (exact) mass is 451 g/mol. The van der Waals surface area contributed by atoms with Crippen molar-refractivity contribution < 1.29 is 0 Å². The Morgan fingerprint density at radius 2 is 1.59 bits per heavy atom. The maximum atomic E-state index is 4.62. The molecule has 2 N–H and O–H groups in total. The molecule has 0 radical (unpaired) electrons. The van der Waals surface area contributed by atoms with Gasteiger partial charge in [0.2, 0.25) is 17.8 Å². The lowest BCUT2D eigenvalue weighted by molar-refractivity contribution is 0.568. The van der Waals surface area contributed by atoms with E-state index in [9.17, 15) is 0 Å². The van der Waals surface area contributed by atoms with Crippen molar-refractivity contribution in [3.05, 3.63) is 64.6 Å². The lowest BCUT2D eigenvalue weighted by atomic mass is 10.1. The third-order valence-electron chi connectivity index (χ3n) is 4.54. The molecule has 29 heavy (non-hydrogen) atoms. The van der Waals surface area contributed by atoms with Crippen LogP contribution in [-0.2, 0) is 0 Å². The average molecular weight is 452 g/mol. The van der Waals surface area contributed by atoms with Gasteiger partial charge in [-0.1, -0.05) is 46.3 Å². The topological polar surface area (TPSA) is 78.3 Å². The second-order valence-corrected chi connectivity index (χ2v) is 7.66. The second kappa shape index (κ2) is 9.47. The third kappa shape index (κ3) is 5.51. The van der Waals surface area contributed by atoms with E-state index in [1.165, 1.54) is 6.42 Å². The molecule has 0 amide bonds. The Morgan fingerprint density at radius 3 is 2.34 bits per heavy atom. The normalized spacial score (nSPS) is 14.2. The number of benzene rings is 2. The van der Waals surface area contributed by atoms with Crippen molar-refractivity contribution in [1.82, 2.24) is 15.0 Å². The molecular weight excluding hydrogens is 430 g/mol. The number of nitrogens with one attached hydrogen (secondary N) is 2. The van der Waals surface area contributed by atoms with Crippen LogP contribution >= 0.6 is 15.9 Å². The zero-order valence-electron chi connectivity index (χ0n) is 15.9. The van der Waals surface area contributed by atoms with Crippen molar-refractivity contribution in [2.45, 2.75) is 19.3 Å². The van der Waals surface area contributed by atoms with E-state index >= 15 is 0 Å². The van der Waals surface area contributed by atoms with Crippen LogP contribution in [0.15, 0.2) is 64.2 Å². The van der Waals surface area contributed by atoms with Crippen molar-refractivity contribution in [1.29, 1.82) is 0 Å². The number of aromatic nitrogens is 3. The molecule has 0 unspecified atom stereocenters. The number of rotatable bonds is 6. The van der Waals surface area contributed by atoms with Crippen LogP contribution in [0.5, 0.6) is 0 Å². The lowest BCUT2D eigenvalue weighted by Crippen LogP contribution is -2.31. The summed E-state index contributed by atoms with van der Waals surface area (Å²) in [7, 11) is 0. The van der Waals surface area contributed by atoms with Gasteiger partial charge in [0, 0.05) is 23.2 Å². The van der Waals surface area contributed by atoms with Gasteiger partial charge in [-0.15, -0.1) is 0 Å². The van der Waals surface area contributed by atoms with E-state index < -0.39 is 0 Å². The van der Waals surface area contributed by atoms with Crippen molar-refractivity contribution in [2.24, 2.45) is 5.10 Å². The molecule has 0 atom stereocenters. The zero-order chi connectivity index (χ0) is 19.9. The van der Waals surface area contributed by atoms with Crippen LogP contribution in [0.4, 0.5) is 23.5 Å². The van der Waals surface area contributed by atoms with Gasteiger partial charge < -0.3 is 10.2 Å². The fraction of sp³-hybridized carbons (Fsp3) is 0.238. The quantitative estimate of drug-likeness (QED) is 0.413. The summed E-state index contributed by atoms with van der Waals surface area (Å²) in [6.45, 7) is 1.91. The molecule has 4 rings (SSSR count). The molecule has 0 spiro atoms. The molecule has 1 aliphatic rings. The van der Waals surface area contributed by atoms with Crippen LogP contribution in [0, 0.1) is 0 Å². The maximum absolute atomic E-state index is 4.62. The van der Waals surface area contributed by atoms with E-state index in [2.05, 4.69) is 51.6 Å². The summed E-state index contributed by atoms with van der Waals surface area (Å²) in [5.41, 5.74) is 4.85. The predicted octanol–water partition coefficient (Wildman–Crippen LogP) is 4.81. The molecule has 0 aliphatic carbocycles. The number of piperidine rings is 1. The highest BCUT2D eigenvalue weighted by atomic mass is 79.9. The van der Waals surface area contributed by atoms with Gasteiger partial charge in [0.05, 0.1) is 6.21 Å². The van der Waals surface area contributed by atoms with Crippen molar-refractivity contribution in [3.8, 4) is 0 Å². The van der Waals surface area contributed by atoms with E-state index in [0.29, 0.717) is 17.8 Å². The molecule has 0 bridgehead atoms. The van der Waals surface area contributed by atoms with Crippen LogP contribution in [0.1, 0.15) is 24.8 Å². The SMILES string of the molecule is Brc1ccc(C=NNc2nc(Nc3ccccc3)nc(N3CCCCC3)n2)cc1. The Balaban J connectivity index is 1.55. The van der Waals surface area contributed by atoms with E-state index in [-0.39, 0.29) is 0 Å². The Morgan fingerprint density at radius 1 is 0.862 bits per heavy atom. The predicted molar refractivity (Wildman–Crippen MR) is 121 cm³/mol. The minimum atomic E-state index is 0.410. The van der Waals surface area contributed by atoms with Gasteiger partial charge in [0.1, 0.15) is 0 Å². The number of anilines is 4. The first kappa shape index (κ1) is 19.3. The summed E-state index contributed by atoms with van der Waals surface area (Å²) in [5, 5.41) is 7.54. The molecule has 0 saturated carbocycles. The second-order valence-electron chi connectivity index (χ2n) is 6.74. The minimum absolute atomic E-state index is 0.410. The molecule has 2 heterocycles. The summed E-state index contributed by atoms with van der Waals surface area (Å²) in [6, 6.07) is 17.8. The fourth-order valence-corrected chi connectivity index (χ4v) is 3.33. The maximum Gasteiger partial charge on any atom is 0.250 e. The first-order chi connectivity index (χ1) is 14.3. The number of halogens is 1. The number of hydrogen-bond donors (Lipinski definition) is 2. The van der Waals surface area contributed by atoms with Crippen LogP contribution in [0.3, 0.4) is 0 Å². The highest BCUT2D eigenvalue weighted by Crippen LogP contribution is 2.20. The third-order valence-corrected chi connectivity index (χ3v) is 5.07. The molecule has 7 nitrogen and oxygen atoms in total. The van der Waals surface area contributed by atoms with E-state index in [4.69, 9.17) is 0 Å². The van der Waals surface area contributed by atoms with Gasteiger partial charge >= 0.3 is 0 Å². The fourth-order valence-electron chi connectivity index (χ4n) is 3.07. The highest BCUT2D eigenvalue weighted by Gasteiger charge is 2.16. The summed E-state index contributed by atoms with van der Waals surface area (Å²) in [5.74, 6) is 1.57. The summed E-state index contributed by atoms with van der Waals surface area (Å²) >= 11 is 3.43. The van der Waals surface area contributed by atoms with Gasteiger partial charge in [-0.2, -0.15) is 20.1 Å². The molecule has 2 aromatic carbocycles. The zero-order valence-corrected chi connectivity index (χ0v) is 17.5. The first-order valence-corrected chi connectivity index (χ1v) is 10.4. The molecule has 1 aromatic heterocycles. The summed E-state index contributed by atoms with van der Waals surface area (Å²) < 4.78 is 1.03. The van der Waals surface area contributed by atoms with E-state index in [0.717, 1.165) is 41.7 Å². The van der Waals surface area contributed by atoms with Gasteiger partial charge in [-0.25, -0.2) is 5.43 Å². The Bertz CT molecular complexity index is 955. The standard InChI is InChI=1S/C21H22BrN7/c22-17-11-9-16(10-12-17)15-23-28-20-25-19(24-18-7-3-1-4-8-18)26-21(27-20)29-13-5-2-6-14-29/h1,3-4,7-12,15H,2,5-6,13-14H2,(H2,24,25,26,27,28). The summed E-state index contributed by atoms with van der Waals surface area (Å²) in [4.78, 5) is 15.9. The van der Waals surface area contributed by atoms with Gasteiger partial charge in [-0.3, -0.25) is 0 Å². The number of para-hydroxylation sites is 1. The molecule has 1 fully saturated rings. The van der Waals surface area contributed by atoms with E-state index in [1.54, 1.807) is 6.21 Å². The Kier molecular flexibility index (Phi) is 6.31. The van der Waals surface area contributed by atoms with Crippen molar-refractivity contribution >= 4 is 45.7 Å². The number of hydrogen-bond acceptors (Lipinski definition) is 7. The molecule has 8 heteroatoms. The van der Waals surface area contributed by atoms with Crippen LogP contribution in [0.2, 0.25) is 0 Å². The number of hydrazone groups is 1. The van der Waals surface area contributed by atoms with Crippen molar-refractivity contribution in [3.63, 3.8) is 0 Å². The molecule has 3 aromatic rings. The molecule has 148 valence electrons. The first-order valence-electron chi connectivity index (χ1n) is 9.64. The van der Waals surface area contributed by atoms with Crippen LogP contribution < -0.4 is 15.6 Å². The van der Waals surface area contributed by atoms with E-state index in [1.807, 2.05) is 54.6 Å². The van der Waals surface area contributed by atoms with Crippen molar-refractivity contribution in [2.75, 3.05) is 28.7 Å². The number of nitrogens with zero attached hydrogens (tertiary/aromatic N) is 5. The van der Waals surface area contributed by atoms with Gasteiger partial charge in [-0.05, 0) is 49.1 Å². The largest absolute Gasteiger partial charge is 0.341 e. The van der Waals surface area contributed by atoms with Crippen LogP contribution in [0.25, 0.3) is 0 Å². The Labute approximate surface area is 178 Å². The molecule has 1 aliphatic heterocycles. The Hall–Kier alpha value is -3.00. The lowest BCUT2D eigenvalue weighted by Gasteiger charge is -2.26. The molecular formula is C21H22BrN7. The van der Waals surface area contributed by atoms with Gasteiger partial charge in [0.15, 0.2) is 0 Å². The highest BCUT2D eigenvalue weighted by molar-refractivity contribution is 9.10.